The predicted octanol–water partition coefficient (Wildman–Crippen LogP) is 3.05. The number of amides is 1. The molecule has 160 valence electrons. The molecule has 0 aliphatic carbocycles. The molecule has 1 saturated heterocycles. The zero-order valence-electron chi connectivity index (χ0n) is 16.5. The van der Waals surface area contributed by atoms with E-state index in [4.69, 9.17) is 4.74 Å². The highest BCUT2D eigenvalue weighted by atomic mass is 35.5. The minimum Gasteiger partial charge on any atom is -0.378 e. The Morgan fingerprint density at radius 3 is 2.67 bits per heavy atom. The van der Waals surface area contributed by atoms with Gasteiger partial charge in [0.15, 0.2) is 0 Å². The van der Waals surface area contributed by atoms with Crippen LogP contribution in [0, 0.1) is 0 Å². The predicted molar refractivity (Wildman–Crippen MR) is 122 cm³/mol. The van der Waals surface area contributed by atoms with Crippen LogP contribution in [0.5, 0.6) is 0 Å². The van der Waals surface area contributed by atoms with Gasteiger partial charge >= 0.3 is 0 Å². The van der Waals surface area contributed by atoms with Crippen LogP contribution in [-0.2, 0) is 22.6 Å². The summed E-state index contributed by atoms with van der Waals surface area (Å²) in [4.78, 5) is 16.4. The fourth-order valence-corrected chi connectivity index (χ4v) is 3.38. The lowest BCUT2D eigenvalue weighted by atomic mass is 9.98. The molecule has 1 atom stereocenters. The van der Waals surface area contributed by atoms with Crippen molar-refractivity contribution < 1.29 is 9.53 Å². The number of benzene rings is 2. The number of carbonyl (C=O) groups is 1. The molecule has 3 aromatic rings. The number of rotatable bonds is 6. The fourth-order valence-electron chi connectivity index (χ4n) is 3.38. The Morgan fingerprint density at radius 1 is 1.17 bits per heavy atom. The summed E-state index contributed by atoms with van der Waals surface area (Å²) < 4.78 is 7.41. The molecule has 1 amide bonds. The second-order valence-corrected chi connectivity index (χ2v) is 6.89. The van der Waals surface area contributed by atoms with Gasteiger partial charge in [-0.05, 0) is 22.3 Å². The van der Waals surface area contributed by atoms with Crippen LogP contribution in [-0.4, -0.2) is 41.3 Å². The van der Waals surface area contributed by atoms with Crippen molar-refractivity contribution in [3.05, 3.63) is 78.4 Å². The van der Waals surface area contributed by atoms with Gasteiger partial charge in [0, 0.05) is 32.0 Å². The standard InChI is InChI=1S/C22H24N4O2.2ClH/c27-22(21-15-28-12-10-24-21)25-13-19-3-1-2-4-20(19)18-7-5-17(6-8-18)14-26-11-9-23-16-26;;/h1-9,11,16,21,24H,10,12-15H2,(H,25,27);2*1H. The van der Waals surface area contributed by atoms with Crippen molar-refractivity contribution in [2.45, 2.75) is 19.1 Å². The molecule has 1 aromatic heterocycles. The van der Waals surface area contributed by atoms with Gasteiger partial charge in [-0.15, -0.1) is 24.8 Å². The van der Waals surface area contributed by atoms with Gasteiger partial charge in [-0.25, -0.2) is 4.98 Å². The smallest absolute Gasteiger partial charge is 0.239 e. The number of hydrogen-bond acceptors (Lipinski definition) is 4. The van der Waals surface area contributed by atoms with Gasteiger partial charge in [0.25, 0.3) is 0 Å². The van der Waals surface area contributed by atoms with E-state index in [1.807, 2.05) is 29.2 Å². The van der Waals surface area contributed by atoms with Crippen LogP contribution in [0.2, 0.25) is 0 Å². The van der Waals surface area contributed by atoms with Crippen LogP contribution < -0.4 is 10.6 Å². The largest absolute Gasteiger partial charge is 0.378 e. The van der Waals surface area contributed by atoms with Crippen molar-refractivity contribution >= 4 is 30.7 Å². The van der Waals surface area contributed by atoms with Gasteiger partial charge in [-0.1, -0.05) is 48.5 Å². The van der Waals surface area contributed by atoms with E-state index in [-0.39, 0.29) is 36.8 Å². The lowest BCUT2D eigenvalue weighted by Gasteiger charge is -2.23. The number of nitrogens with one attached hydrogen (secondary N) is 2. The van der Waals surface area contributed by atoms with Crippen molar-refractivity contribution in [1.82, 2.24) is 20.2 Å². The highest BCUT2D eigenvalue weighted by molar-refractivity contribution is 5.85. The van der Waals surface area contributed by atoms with Gasteiger partial charge in [-0.2, -0.15) is 0 Å². The van der Waals surface area contributed by atoms with Crippen LogP contribution in [0.15, 0.2) is 67.3 Å². The van der Waals surface area contributed by atoms with E-state index in [0.717, 1.165) is 23.2 Å². The lowest BCUT2D eigenvalue weighted by Crippen LogP contribution is -2.51. The normalized spacial score (nSPS) is 15.5. The molecule has 0 spiro atoms. The van der Waals surface area contributed by atoms with E-state index < -0.39 is 0 Å². The van der Waals surface area contributed by atoms with Crippen molar-refractivity contribution in [2.24, 2.45) is 0 Å². The number of nitrogens with zero attached hydrogens (tertiary/aromatic N) is 2. The molecule has 2 N–H and O–H groups in total. The van der Waals surface area contributed by atoms with Gasteiger partial charge in [0.1, 0.15) is 6.04 Å². The molecule has 8 heteroatoms. The van der Waals surface area contributed by atoms with Gasteiger partial charge in [0.05, 0.1) is 19.5 Å². The van der Waals surface area contributed by atoms with E-state index in [2.05, 4.69) is 52.0 Å². The number of ether oxygens (including phenoxy) is 1. The summed E-state index contributed by atoms with van der Waals surface area (Å²) in [5.74, 6) is -0.0230. The molecule has 2 aromatic carbocycles. The van der Waals surface area contributed by atoms with Crippen LogP contribution in [0.3, 0.4) is 0 Å². The van der Waals surface area contributed by atoms with Gasteiger partial charge in [-0.3, -0.25) is 4.79 Å². The maximum atomic E-state index is 12.4. The van der Waals surface area contributed by atoms with E-state index in [1.54, 1.807) is 6.20 Å². The quantitative estimate of drug-likeness (QED) is 0.607. The Hall–Kier alpha value is -2.38. The van der Waals surface area contributed by atoms with E-state index in [0.29, 0.717) is 26.3 Å². The molecule has 4 rings (SSSR count). The molecule has 6 nitrogen and oxygen atoms in total. The number of aromatic nitrogens is 2. The number of imidazole rings is 1. The number of halogens is 2. The van der Waals surface area contributed by atoms with Crippen LogP contribution in [0.4, 0.5) is 0 Å². The van der Waals surface area contributed by atoms with Crippen molar-refractivity contribution in [3.63, 3.8) is 0 Å². The number of carbonyl (C=O) groups excluding carboxylic acids is 1. The molecular formula is C22H26Cl2N4O2. The summed E-state index contributed by atoms with van der Waals surface area (Å²) >= 11 is 0. The molecule has 1 aliphatic rings. The van der Waals surface area contributed by atoms with Crippen molar-refractivity contribution in [2.75, 3.05) is 19.8 Å². The topological polar surface area (TPSA) is 68.2 Å². The average Bonchev–Trinajstić information content (AvgIpc) is 3.26. The Labute approximate surface area is 188 Å². The summed E-state index contributed by atoms with van der Waals surface area (Å²) in [7, 11) is 0. The minimum atomic E-state index is -0.275. The first kappa shape index (κ1) is 23.9. The molecule has 0 saturated carbocycles. The van der Waals surface area contributed by atoms with E-state index >= 15 is 0 Å². The molecule has 0 bridgehead atoms. The summed E-state index contributed by atoms with van der Waals surface area (Å²) in [5, 5.41) is 6.21. The Kier molecular flexibility index (Phi) is 9.33. The third kappa shape index (κ3) is 6.06. The Balaban J connectivity index is 0.00000160. The first-order valence-corrected chi connectivity index (χ1v) is 9.51. The van der Waals surface area contributed by atoms with Crippen molar-refractivity contribution in [1.29, 1.82) is 0 Å². The van der Waals surface area contributed by atoms with E-state index in [9.17, 15) is 4.79 Å². The zero-order valence-corrected chi connectivity index (χ0v) is 18.1. The molecule has 0 radical (unpaired) electrons. The van der Waals surface area contributed by atoms with Crippen LogP contribution >= 0.6 is 24.8 Å². The molecule has 1 unspecified atom stereocenters. The third-order valence-electron chi connectivity index (χ3n) is 4.90. The lowest BCUT2D eigenvalue weighted by molar-refractivity contribution is -0.126. The summed E-state index contributed by atoms with van der Waals surface area (Å²) in [5.41, 5.74) is 4.58. The summed E-state index contributed by atoms with van der Waals surface area (Å²) in [6.07, 6.45) is 5.56. The Bertz CT molecular complexity index is 911. The minimum absolute atomic E-state index is 0. The zero-order chi connectivity index (χ0) is 19.2. The first-order valence-electron chi connectivity index (χ1n) is 9.51. The number of hydrogen-bond donors (Lipinski definition) is 2. The molecule has 1 fully saturated rings. The summed E-state index contributed by atoms with van der Waals surface area (Å²) in [6.45, 7) is 3.08. The highest BCUT2D eigenvalue weighted by Crippen LogP contribution is 2.24. The Morgan fingerprint density at radius 2 is 1.97 bits per heavy atom. The van der Waals surface area contributed by atoms with E-state index in [1.165, 1.54) is 5.56 Å². The van der Waals surface area contributed by atoms with Gasteiger partial charge < -0.3 is 19.9 Å². The molecular weight excluding hydrogens is 423 g/mol. The second-order valence-electron chi connectivity index (χ2n) is 6.89. The molecule has 2 heterocycles. The third-order valence-corrected chi connectivity index (χ3v) is 4.90. The van der Waals surface area contributed by atoms with Crippen molar-refractivity contribution in [3.8, 4) is 11.1 Å². The molecule has 30 heavy (non-hydrogen) atoms. The first-order chi connectivity index (χ1) is 13.8. The average molecular weight is 449 g/mol. The molecule has 1 aliphatic heterocycles. The SMILES string of the molecule is Cl.Cl.O=C(NCc1ccccc1-c1ccc(Cn2ccnc2)cc1)C1COCCN1. The number of morpholine rings is 1. The maximum Gasteiger partial charge on any atom is 0.239 e. The van der Waals surface area contributed by atoms with Gasteiger partial charge in [0.2, 0.25) is 5.91 Å². The highest BCUT2D eigenvalue weighted by Gasteiger charge is 2.20. The van der Waals surface area contributed by atoms with Crippen LogP contribution in [0.1, 0.15) is 11.1 Å². The maximum absolute atomic E-state index is 12.4. The monoisotopic (exact) mass is 448 g/mol. The fraction of sp³-hybridized carbons (Fsp3) is 0.273. The summed E-state index contributed by atoms with van der Waals surface area (Å²) in [6, 6.07) is 16.4. The second kappa shape index (κ2) is 11.7. The van der Waals surface area contributed by atoms with Crippen LogP contribution in [0.25, 0.3) is 11.1 Å².